The molecule has 0 unspecified atom stereocenters. The van der Waals surface area contributed by atoms with E-state index in [0.29, 0.717) is 13.3 Å². The lowest BCUT2D eigenvalue weighted by atomic mass is 10.7. The fourth-order valence-corrected chi connectivity index (χ4v) is 3.16. The third kappa shape index (κ3) is 1.68. The van der Waals surface area contributed by atoms with Gasteiger partial charge in [0.2, 0.25) is 0 Å². The van der Waals surface area contributed by atoms with Crippen molar-refractivity contribution in [1.29, 1.82) is 0 Å². The van der Waals surface area contributed by atoms with Crippen LogP contribution in [0, 0.1) is 0 Å². The van der Waals surface area contributed by atoms with Crippen molar-refractivity contribution in [1.82, 2.24) is 4.57 Å². The van der Waals surface area contributed by atoms with Gasteiger partial charge in [-0.3, -0.25) is 0 Å². The molecule has 12 heavy (non-hydrogen) atoms. The first kappa shape index (κ1) is 10.1. The quantitative estimate of drug-likeness (QED) is 0.571. The SMILES string of the molecule is CO[Si](OC)(OC)N1CCOC1. The Morgan fingerprint density at radius 3 is 2.08 bits per heavy atom. The average Bonchev–Trinajstić information content (AvgIpc) is 2.62. The highest BCUT2D eigenvalue weighted by molar-refractivity contribution is 6.57. The van der Waals surface area contributed by atoms with E-state index < -0.39 is 8.97 Å². The Bertz CT molecular complexity index is 127. The van der Waals surface area contributed by atoms with E-state index in [2.05, 4.69) is 0 Å². The molecular formula is C6H15NO4Si. The fourth-order valence-electron chi connectivity index (χ4n) is 1.27. The third-order valence-electron chi connectivity index (χ3n) is 1.91. The molecule has 0 aromatic rings. The van der Waals surface area contributed by atoms with Gasteiger partial charge in [0.25, 0.3) is 0 Å². The molecule has 0 saturated carbocycles. The Hall–Kier alpha value is 0.0169. The normalized spacial score (nSPS) is 20.2. The standard InChI is InChI=1S/C6H15NO4Si/c1-8-12(9-2,10-3)7-4-5-11-6-7/h4-6H2,1-3H3. The predicted molar refractivity (Wildman–Crippen MR) is 44.3 cm³/mol. The summed E-state index contributed by atoms with van der Waals surface area (Å²) in [5.41, 5.74) is 0. The van der Waals surface area contributed by atoms with Gasteiger partial charge in [-0.05, 0) is 0 Å². The van der Waals surface area contributed by atoms with Gasteiger partial charge in [0.05, 0.1) is 13.3 Å². The van der Waals surface area contributed by atoms with Crippen molar-refractivity contribution in [2.45, 2.75) is 0 Å². The van der Waals surface area contributed by atoms with Crippen molar-refractivity contribution < 1.29 is 18.0 Å². The molecule has 0 N–H and O–H groups in total. The van der Waals surface area contributed by atoms with E-state index in [9.17, 15) is 0 Å². The maximum atomic E-state index is 5.26. The number of ether oxygens (including phenoxy) is 1. The topological polar surface area (TPSA) is 40.2 Å². The summed E-state index contributed by atoms with van der Waals surface area (Å²) in [6.45, 7) is 2.05. The summed E-state index contributed by atoms with van der Waals surface area (Å²) in [7, 11) is 2.21. The largest absolute Gasteiger partial charge is 0.600 e. The lowest BCUT2D eigenvalue weighted by Crippen LogP contribution is -2.58. The van der Waals surface area contributed by atoms with Crippen LogP contribution in [0.3, 0.4) is 0 Å². The molecule has 1 aliphatic rings. The van der Waals surface area contributed by atoms with Gasteiger partial charge in [0.15, 0.2) is 0 Å². The Morgan fingerprint density at radius 1 is 1.17 bits per heavy atom. The van der Waals surface area contributed by atoms with E-state index in [1.165, 1.54) is 0 Å². The second-order valence-electron chi connectivity index (χ2n) is 2.44. The molecule has 0 radical (unpaired) electrons. The van der Waals surface area contributed by atoms with Gasteiger partial charge in [0, 0.05) is 27.9 Å². The van der Waals surface area contributed by atoms with Crippen LogP contribution in [-0.4, -0.2) is 54.7 Å². The summed E-state index contributed by atoms with van der Waals surface area (Å²) < 4.78 is 22.9. The molecule has 1 fully saturated rings. The number of hydrogen-bond donors (Lipinski definition) is 0. The Morgan fingerprint density at radius 2 is 1.75 bits per heavy atom. The number of hydrogen-bond acceptors (Lipinski definition) is 5. The zero-order chi connectivity index (χ0) is 9.03. The second kappa shape index (κ2) is 4.31. The van der Waals surface area contributed by atoms with Crippen molar-refractivity contribution >= 4 is 8.97 Å². The third-order valence-corrected chi connectivity index (χ3v) is 4.59. The summed E-state index contributed by atoms with van der Waals surface area (Å²) in [4.78, 5) is 0. The molecule has 0 aromatic carbocycles. The van der Waals surface area contributed by atoms with E-state index in [0.717, 1.165) is 6.54 Å². The van der Waals surface area contributed by atoms with E-state index in [4.69, 9.17) is 18.0 Å². The van der Waals surface area contributed by atoms with Crippen molar-refractivity contribution in [2.75, 3.05) is 41.2 Å². The van der Waals surface area contributed by atoms with Crippen molar-refractivity contribution in [2.24, 2.45) is 0 Å². The maximum absolute atomic E-state index is 5.26. The van der Waals surface area contributed by atoms with Crippen LogP contribution in [0.5, 0.6) is 0 Å². The molecule has 0 aliphatic carbocycles. The second-order valence-corrected chi connectivity index (χ2v) is 5.34. The fraction of sp³-hybridized carbons (Fsp3) is 1.00. The molecule has 0 aromatic heterocycles. The highest BCUT2D eigenvalue weighted by Gasteiger charge is 2.48. The van der Waals surface area contributed by atoms with Crippen molar-refractivity contribution in [3.05, 3.63) is 0 Å². The van der Waals surface area contributed by atoms with Crippen LogP contribution in [0.1, 0.15) is 0 Å². The first-order chi connectivity index (χ1) is 5.79. The number of nitrogens with zero attached hydrogens (tertiary/aromatic N) is 1. The molecular weight excluding hydrogens is 178 g/mol. The minimum atomic E-state index is -2.58. The summed E-state index contributed by atoms with van der Waals surface area (Å²) in [5, 5.41) is 0. The van der Waals surface area contributed by atoms with Crippen molar-refractivity contribution in [3.8, 4) is 0 Å². The molecule has 1 aliphatic heterocycles. The van der Waals surface area contributed by atoms with Gasteiger partial charge in [-0.1, -0.05) is 0 Å². The summed E-state index contributed by atoms with van der Waals surface area (Å²) in [5.74, 6) is 0. The smallest absolute Gasteiger partial charge is 0.365 e. The van der Waals surface area contributed by atoms with Crippen LogP contribution in [0.2, 0.25) is 0 Å². The molecule has 1 rings (SSSR count). The highest BCUT2D eigenvalue weighted by atomic mass is 28.4. The first-order valence-electron chi connectivity index (χ1n) is 3.77. The van der Waals surface area contributed by atoms with Crippen molar-refractivity contribution in [3.63, 3.8) is 0 Å². The van der Waals surface area contributed by atoms with Crippen LogP contribution in [-0.2, 0) is 18.0 Å². The minimum absolute atomic E-state index is 0.530. The summed E-state index contributed by atoms with van der Waals surface area (Å²) in [6, 6.07) is 0. The van der Waals surface area contributed by atoms with Gasteiger partial charge in [-0.25, -0.2) is 4.57 Å². The molecule has 1 heterocycles. The van der Waals surface area contributed by atoms with Gasteiger partial charge < -0.3 is 18.0 Å². The van der Waals surface area contributed by atoms with Gasteiger partial charge in [-0.2, -0.15) is 0 Å². The van der Waals surface area contributed by atoms with Crippen LogP contribution in [0.25, 0.3) is 0 Å². The van der Waals surface area contributed by atoms with Gasteiger partial charge in [0.1, 0.15) is 0 Å². The monoisotopic (exact) mass is 193 g/mol. The Labute approximate surface area is 73.6 Å². The van der Waals surface area contributed by atoms with E-state index in [1.54, 1.807) is 21.3 Å². The average molecular weight is 193 g/mol. The van der Waals surface area contributed by atoms with E-state index in [-0.39, 0.29) is 0 Å². The van der Waals surface area contributed by atoms with Gasteiger partial charge >= 0.3 is 8.97 Å². The predicted octanol–water partition coefficient (Wildman–Crippen LogP) is -0.349. The van der Waals surface area contributed by atoms with E-state index >= 15 is 0 Å². The molecule has 5 nitrogen and oxygen atoms in total. The maximum Gasteiger partial charge on any atom is 0.600 e. The zero-order valence-corrected chi connectivity index (χ0v) is 8.70. The van der Waals surface area contributed by atoms with Gasteiger partial charge in [-0.15, -0.1) is 0 Å². The van der Waals surface area contributed by atoms with Crippen LogP contribution in [0.4, 0.5) is 0 Å². The van der Waals surface area contributed by atoms with E-state index in [1.807, 2.05) is 4.57 Å². The molecule has 0 bridgehead atoms. The molecule has 6 heteroatoms. The summed E-state index contributed by atoms with van der Waals surface area (Å²) in [6.07, 6.45) is 0. The highest BCUT2D eigenvalue weighted by Crippen LogP contribution is 2.15. The molecule has 0 spiro atoms. The Balaban J connectivity index is 2.61. The lowest BCUT2D eigenvalue weighted by molar-refractivity contribution is 0.0469. The van der Waals surface area contributed by atoms with Crippen LogP contribution < -0.4 is 0 Å². The molecule has 1 saturated heterocycles. The lowest BCUT2D eigenvalue weighted by Gasteiger charge is -2.30. The van der Waals surface area contributed by atoms with Crippen LogP contribution >= 0.6 is 0 Å². The number of rotatable bonds is 4. The zero-order valence-electron chi connectivity index (χ0n) is 7.70. The molecule has 0 atom stereocenters. The summed E-state index contributed by atoms with van der Waals surface area (Å²) >= 11 is 0. The Kier molecular flexibility index (Phi) is 3.63. The minimum Gasteiger partial charge on any atom is -0.365 e. The first-order valence-corrected chi connectivity index (χ1v) is 5.44. The molecule has 0 amide bonds. The van der Waals surface area contributed by atoms with Crippen LogP contribution in [0.15, 0.2) is 0 Å². The molecule has 72 valence electrons.